The summed E-state index contributed by atoms with van der Waals surface area (Å²) in [4.78, 5) is 14.3. The molecular weight excluding hydrogens is 309 g/mol. The van der Waals surface area contributed by atoms with Crippen LogP contribution in [0.1, 0.15) is 13.8 Å². The van der Waals surface area contributed by atoms with E-state index in [1.54, 1.807) is 15.7 Å². The summed E-state index contributed by atoms with van der Waals surface area (Å²) in [5.74, 6) is 0.784. The van der Waals surface area contributed by atoms with Crippen molar-refractivity contribution in [3.63, 3.8) is 0 Å². The van der Waals surface area contributed by atoms with Crippen LogP contribution >= 0.6 is 9.24 Å². The highest BCUT2D eigenvalue weighted by atomic mass is 31.0. The highest BCUT2D eigenvalue weighted by Crippen LogP contribution is 2.50. The minimum Gasteiger partial charge on any atom is -0.308 e. The van der Waals surface area contributed by atoms with Crippen molar-refractivity contribution in [1.29, 1.82) is 10.7 Å². The average molecular weight is 327 g/mol. The number of hydrogen-bond acceptors (Lipinski definition) is 4. The SMILES string of the molecule is Cn1ccc(N2CC=C3C(C)(C)C(=O)C(C#N)=C[C@@]3(P)C2=N)n1. The number of Topliss-reactive ketones (excluding diaryl/α,β-unsaturated/α-hetero) is 1. The molecule has 1 aliphatic carbocycles. The van der Waals surface area contributed by atoms with E-state index in [2.05, 4.69) is 14.3 Å². The number of hydrogen-bond donors (Lipinski definition) is 1. The van der Waals surface area contributed by atoms with Crippen LogP contribution in [0.3, 0.4) is 0 Å². The number of nitriles is 1. The molecule has 2 aliphatic rings. The van der Waals surface area contributed by atoms with Crippen LogP contribution in [-0.4, -0.2) is 33.1 Å². The molecule has 0 bridgehead atoms. The van der Waals surface area contributed by atoms with E-state index in [1.807, 2.05) is 45.3 Å². The number of rotatable bonds is 1. The Morgan fingerprint density at radius 1 is 1.48 bits per heavy atom. The van der Waals surface area contributed by atoms with Crippen molar-refractivity contribution >= 4 is 26.7 Å². The topological polar surface area (TPSA) is 85.8 Å². The van der Waals surface area contributed by atoms with E-state index in [4.69, 9.17) is 5.41 Å². The number of carbonyl (C=O) groups excluding carboxylic acids is 1. The first kappa shape index (κ1) is 15.6. The first-order chi connectivity index (χ1) is 10.7. The van der Waals surface area contributed by atoms with E-state index in [1.165, 1.54) is 0 Å². The fourth-order valence-corrected chi connectivity index (χ4v) is 4.10. The summed E-state index contributed by atoms with van der Waals surface area (Å²) in [6.07, 6.45) is 5.39. The van der Waals surface area contributed by atoms with E-state index in [0.29, 0.717) is 18.2 Å². The van der Waals surface area contributed by atoms with Gasteiger partial charge in [0.25, 0.3) is 0 Å². The molecule has 2 atom stereocenters. The summed E-state index contributed by atoms with van der Waals surface area (Å²) in [5, 5.41) is 21.5. The Morgan fingerprint density at radius 3 is 2.74 bits per heavy atom. The van der Waals surface area contributed by atoms with Crippen LogP contribution in [0.5, 0.6) is 0 Å². The predicted octanol–water partition coefficient (Wildman–Crippen LogP) is 1.82. The molecule has 1 aromatic heterocycles. The lowest BCUT2D eigenvalue weighted by atomic mass is 9.65. The normalized spacial score (nSPS) is 26.3. The fourth-order valence-electron chi connectivity index (χ4n) is 3.30. The first-order valence-electron chi connectivity index (χ1n) is 7.26. The predicted molar refractivity (Wildman–Crippen MR) is 91.3 cm³/mol. The second-order valence-corrected chi connectivity index (χ2v) is 7.33. The summed E-state index contributed by atoms with van der Waals surface area (Å²) < 4.78 is 1.68. The first-order valence-corrected chi connectivity index (χ1v) is 7.83. The van der Waals surface area contributed by atoms with Crippen LogP contribution in [0.15, 0.2) is 35.6 Å². The van der Waals surface area contributed by atoms with Gasteiger partial charge in [-0.15, -0.1) is 9.24 Å². The van der Waals surface area contributed by atoms with E-state index in [0.717, 1.165) is 5.57 Å². The monoisotopic (exact) mass is 327 g/mol. The van der Waals surface area contributed by atoms with Gasteiger partial charge in [0, 0.05) is 25.9 Å². The zero-order valence-corrected chi connectivity index (χ0v) is 14.4. The van der Waals surface area contributed by atoms with E-state index in [-0.39, 0.29) is 11.4 Å². The number of aromatic nitrogens is 2. The van der Waals surface area contributed by atoms with Gasteiger partial charge in [0.15, 0.2) is 11.6 Å². The Labute approximate surface area is 137 Å². The number of allylic oxidation sites excluding steroid dienone is 1. The fraction of sp³-hybridized carbons (Fsp3) is 0.375. The molecule has 2 heterocycles. The minimum atomic E-state index is -0.863. The number of amidine groups is 1. The van der Waals surface area contributed by atoms with Crippen molar-refractivity contribution in [2.24, 2.45) is 12.5 Å². The van der Waals surface area contributed by atoms with Gasteiger partial charge in [-0.3, -0.25) is 14.9 Å². The molecule has 23 heavy (non-hydrogen) atoms. The summed E-state index contributed by atoms with van der Waals surface area (Å²) >= 11 is 0. The van der Waals surface area contributed by atoms with Gasteiger partial charge in [-0.1, -0.05) is 6.08 Å². The van der Waals surface area contributed by atoms with Crippen LogP contribution in [-0.2, 0) is 11.8 Å². The average Bonchev–Trinajstić information content (AvgIpc) is 2.92. The summed E-state index contributed by atoms with van der Waals surface area (Å²) in [7, 11) is 4.48. The molecule has 1 N–H and O–H groups in total. The van der Waals surface area contributed by atoms with Crippen LogP contribution in [0.4, 0.5) is 5.82 Å². The highest BCUT2D eigenvalue weighted by molar-refractivity contribution is 7.22. The van der Waals surface area contributed by atoms with Crippen LogP contribution in [0, 0.1) is 22.2 Å². The van der Waals surface area contributed by atoms with Crippen molar-refractivity contribution in [2.75, 3.05) is 11.4 Å². The third-order valence-electron chi connectivity index (χ3n) is 4.54. The van der Waals surface area contributed by atoms with Gasteiger partial charge in [-0.25, -0.2) is 0 Å². The maximum absolute atomic E-state index is 12.5. The summed E-state index contributed by atoms with van der Waals surface area (Å²) in [6.45, 7) is 4.11. The number of ketones is 1. The molecule has 0 saturated carbocycles. The van der Waals surface area contributed by atoms with E-state index >= 15 is 0 Å². The Kier molecular flexibility index (Phi) is 3.31. The molecule has 0 radical (unpaired) electrons. The quantitative estimate of drug-likeness (QED) is 0.630. The smallest absolute Gasteiger partial charge is 0.182 e. The van der Waals surface area contributed by atoms with Gasteiger partial charge in [0.2, 0.25) is 0 Å². The van der Waals surface area contributed by atoms with E-state index in [9.17, 15) is 10.1 Å². The molecule has 1 unspecified atom stereocenters. The molecule has 118 valence electrons. The van der Waals surface area contributed by atoms with Gasteiger partial charge in [-0.2, -0.15) is 10.4 Å². The largest absolute Gasteiger partial charge is 0.308 e. The molecule has 0 aromatic carbocycles. The van der Waals surface area contributed by atoms with Crippen LogP contribution in [0.25, 0.3) is 0 Å². The Morgan fingerprint density at radius 2 is 2.17 bits per heavy atom. The minimum absolute atomic E-state index is 0.106. The van der Waals surface area contributed by atoms with Gasteiger partial charge < -0.3 is 4.90 Å². The lowest BCUT2D eigenvalue weighted by Crippen LogP contribution is -2.55. The lowest BCUT2D eigenvalue weighted by Gasteiger charge is -2.47. The van der Waals surface area contributed by atoms with Gasteiger partial charge in [0.05, 0.1) is 16.1 Å². The van der Waals surface area contributed by atoms with Crippen molar-refractivity contribution in [3.05, 3.63) is 35.6 Å². The Balaban J connectivity index is 2.16. The van der Waals surface area contributed by atoms with Crippen molar-refractivity contribution in [1.82, 2.24) is 9.78 Å². The summed E-state index contributed by atoms with van der Waals surface area (Å²) in [6, 6.07) is 3.83. The van der Waals surface area contributed by atoms with Crippen molar-refractivity contribution in [2.45, 2.75) is 19.0 Å². The number of anilines is 1. The number of fused-ring (bicyclic) bond motifs is 1. The number of carbonyl (C=O) groups is 1. The van der Waals surface area contributed by atoms with Crippen molar-refractivity contribution in [3.8, 4) is 6.07 Å². The highest BCUT2D eigenvalue weighted by Gasteiger charge is 2.52. The van der Waals surface area contributed by atoms with Crippen LogP contribution in [0.2, 0.25) is 0 Å². The molecule has 6 nitrogen and oxygen atoms in total. The third-order valence-corrected chi connectivity index (χ3v) is 5.29. The number of nitrogens with zero attached hydrogens (tertiary/aromatic N) is 4. The maximum atomic E-state index is 12.5. The Hall–Kier alpha value is -2.25. The van der Waals surface area contributed by atoms with Gasteiger partial charge in [0.1, 0.15) is 11.9 Å². The lowest BCUT2D eigenvalue weighted by molar-refractivity contribution is -0.121. The molecule has 0 fully saturated rings. The molecule has 0 amide bonds. The van der Waals surface area contributed by atoms with Gasteiger partial charge >= 0.3 is 0 Å². The standard InChI is InChI=1S/C16H18N5OP/c1-15(2)11-4-7-21(12-5-6-20(3)19-12)14(18)16(11,23)8-10(9-17)13(15)22/h4-6,8,18H,7,23H2,1-3H3/t16-/m0/s1. The van der Waals surface area contributed by atoms with Gasteiger partial charge in [-0.05, 0) is 25.5 Å². The molecule has 7 heteroatoms. The van der Waals surface area contributed by atoms with Crippen molar-refractivity contribution < 1.29 is 4.79 Å². The summed E-state index contributed by atoms with van der Waals surface area (Å²) in [5.41, 5.74) is 0.148. The molecule has 1 aromatic rings. The second kappa shape index (κ2) is 4.87. The zero-order chi connectivity index (χ0) is 17.0. The number of aryl methyl sites for hydroxylation is 1. The molecule has 1 aliphatic heterocycles. The van der Waals surface area contributed by atoms with E-state index < -0.39 is 10.6 Å². The number of nitrogens with one attached hydrogen (secondary N) is 1. The second-order valence-electron chi connectivity index (χ2n) is 6.42. The Bertz CT molecular complexity index is 826. The molecule has 3 rings (SSSR count). The third kappa shape index (κ3) is 2.08. The molecular formula is C16H18N5OP. The zero-order valence-electron chi connectivity index (χ0n) is 13.3. The molecule has 0 spiro atoms. The maximum Gasteiger partial charge on any atom is 0.182 e. The van der Waals surface area contributed by atoms with Crippen LogP contribution < -0.4 is 4.90 Å². The molecule has 0 saturated heterocycles.